The van der Waals surface area contributed by atoms with Crippen molar-refractivity contribution in [2.75, 3.05) is 26.7 Å². The Hall–Kier alpha value is -2.37. The van der Waals surface area contributed by atoms with Gasteiger partial charge in [0, 0.05) is 13.0 Å². The Bertz CT molecular complexity index is 944. The van der Waals surface area contributed by atoms with E-state index >= 15 is 0 Å². The van der Waals surface area contributed by atoms with Crippen LogP contribution in [-0.2, 0) is 24.3 Å². The van der Waals surface area contributed by atoms with Crippen molar-refractivity contribution in [1.82, 2.24) is 14.9 Å². The topological polar surface area (TPSA) is 36.0 Å². The Morgan fingerprint density at radius 3 is 2.15 bits per heavy atom. The standard InChI is InChI=1S/C28H37N3O2/c1-3-22-4-6-24(7-5-22)20-31-28(14-16-29(2)17-15-28)18-27(32)30(31)19-23-10-12-26(13-11-23)33-21-25-8-9-25/h4-7,10-13,25H,3,8-9,14-21H2,1-2H3. The summed E-state index contributed by atoms with van der Waals surface area (Å²) in [6, 6.07) is 17.2. The Labute approximate surface area is 198 Å². The van der Waals surface area contributed by atoms with E-state index in [2.05, 4.69) is 72.4 Å². The number of hydrogen-bond acceptors (Lipinski definition) is 4. The van der Waals surface area contributed by atoms with Gasteiger partial charge in [-0.15, -0.1) is 0 Å². The highest BCUT2D eigenvalue weighted by Crippen LogP contribution is 2.41. The van der Waals surface area contributed by atoms with Crippen molar-refractivity contribution in [1.29, 1.82) is 0 Å². The average molecular weight is 448 g/mol. The molecule has 2 aromatic rings. The maximum Gasteiger partial charge on any atom is 0.239 e. The van der Waals surface area contributed by atoms with E-state index in [0.29, 0.717) is 13.0 Å². The lowest BCUT2D eigenvalue weighted by Gasteiger charge is -2.45. The molecule has 5 rings (SSSR count). The number of carbonyl (C=O) groups is 1. The number of benzene rings is 2. The second kappa shape index (κ2) is 9.47. The summed E-state index contributed by atoms with van der Waals surface area (Å²) >= 11 is 0. The molecule has 5 nitrogen and oxygen atoms in total. The number of likely N-dealkylation sites (tertiary alicyclic amines) is 1. The summed E-state index contributed by atoms with van der Waals surface area (Å²) in [7, 11) is 2.18. The molecule has 1 spiro atoms. The fraction of sp³-hybridized carbons (Fsp3) is 0.536. The van der Waals surface area contributed by atoms with Crippen LogP contribution in [0, 0.1) is 5.92 Å². The van der Waals surface area contributed by atoms with Gasteiger partial charge in [0.05, 0.1) is 18.7 Å². The number of ether oxygens (including phenoxy) is 1. The van der Waals surface area contributed by atoms with Gasteiger partial charge in [-0.3, -0.25) is 9.80 Å². The lowest BCUT2D eigenvalue weighted by molar-refractivity contribution is -0.145. The van der Waals surface area contributed by atoms with Gasteiger partial charge in [0.1, 0.15) is 5.75 Å². The Kier molecular flexibility index (Phi) is 6.44. The molecule has 5 heteroatoms. The first kappa shape index (κ1) is 22.4. The molecule has 176 valence electrons. The zero-order valence-corrected chi connectivity index (χ0v) is 20.1. The van der Waals surface area contributed by atoms with E-state index in [0.717, 1.165) is 62.7 Å². The van der Waals surface area contributed by atoms with Crippen LogP contribution in [0.5, 0.6) is 5.75 Å². The minimum Gasteiger partial charge on any atom is -0.493 e. The minimum atomic E-state index is -0.0691. The van der Waals surface area contributed by atoms with Gasteiger partial charge in [-0.2, -0.15) is 0 Å². The molecule has 2 aliphatic heterocycles. The van der Waals surface area contributed by atoms with Gasteiger partial charge in [0.15, 0.2) is 0 Å². The SMILES string of the molecule is CCc1ccc(CN2N(Cc3ccc(OCC4CC4)cc3)C(=O)CC23CCN(C)CC3)cc1. The molecule has 2 heterocycles. The fourth-order valence-electron chi connectivity index (χ4n) is 5.17. The molecule has 1 aliphatic carbocycles. The molecule has 2 aromatic carbocycles. The summed E-state index contributed by atoms with van der Waals surface area (Å²) in [6.45, 7) is 6.49. The van der Waals surface area contributed by atoms with E-state index in [1.54, 1.807) is 0 Å². The third kappa shape index (κ3) is 5.10. The van der Waals surface area contributed by atoms with Crippen LogP contribution in [-0.4, -0.2) is 53.1 Å². The van der Waals surface area contributed by atoms with E-state index in [4.69, 9.17) is 4.74 Å². The second-order valence-electron chi connectivity index (χ2n) is 10.3. The smallest absolute Gasteiger partial charge is 0.239 e. The molecule has 0 unspecified atom stereocenters. The van der Waals surface area contributed by atoms with Crippen LogP contribution in [0.15, 0.2) is 48.5 Å². The van der Waals surface area contributed by atoms with Gasteiger partial charge in [0.25, 0.3) is 0 Å². The molecule has 33 heavy (non-hydrogen) atoms. The molecule has 1 amide bonds. The monoisotopic (exact) mass is 447 g/mol. The van der Waals surface area contributed by atoms with Gasteiger partial charge in [0.2, 0.25) is 5.91 Å². The molecule has 0 N–H and O–H groups in total. The first-order chi connectivity index (χ1) is 16.0. The van der Waals surface area contributed by atoms with E-state index in [1.807, 2.05) is 5.01 Å². The highest BCUT2D eigenvalue weighted by Gasteiger charge is 2.50. The molecule has 0 aromatic heterocycles. The third-order valence-electron chi connectivity index (χ3n) is 7.73. The number of hydrazine groups is 1. The van der Waals surface area contributed by atoms with Crippen molar-refractivity contribution in [3.63, 3.8) is 0 Å². The van der Waals surface area contributed by atoms with Crippen molar-refractivity contribution in [2.45, 2.75) is 64.1 Å². The van der Waals surface area contributed by atoms with Crippen molar-refractivity contribution in [2.24, 2.45) is 5.92 Å². The Morgan fingerprint density at radius 2 is 1.52 bits per heavy atom. The molecule has 2 saturated heterocycles. The number of nitrogens with zero attached hydrogens (tertiary/aromatic N) is 3. The van der Waals surface area contributed by atoms with Crippen molar-refractivity contribution < 1.29 is 9.53 Å². The molecule has 0 radical (unpaired) electrons. The number of aryl methyl sites for hydroxylation is 1. The van der Waals surface area contributed by atoms with E-state index in [9.17, 15) is 4.79 Å². The summed E-state index contributed by atoms with van der Waals surface area (Å²) in [5.41, 5.74) is 3.71. The minimum absolute atomic E-state index is 0.0691. The number of rotatable bonds is 8. The first-order valence-corrected chi connectivity index (χ1v) is 12.6. The number of carbonyl (C=O) groups excluding carboxylic acids is 1. The number of piperidine rings is 1. The Balaban J connectivity index is 1.34. The fourth-order valence-corrected chi connectivity index (χ4v) is 5.17. The highest BCUT2D eigenvalue weighted by atomic mass is 16.5. The normalized spacial score (nSPS) is 21.2. The largest absolute Gasteiger partial charge is 0.493 e. The van der Waals surface area contributed by atoms with E-state index in [-0.39, 0.29) is 11.4 Å². The summed E-state index contributed by atoms with van der Waals surface area (Å²) in [5.74, 6) is 1.93. The summed E-state index contributed by atoms with van der Waals surface area (Å²) < 4.78 is 5.90. The van der Waals surface area contributed by atoms with Crippen molar-refractivity contribution in [3.8, 4) is 5.75 Å². The summed E-state index contributed by atoms with van der Waals surface area (Å²) in [4.78, 5) is 15.7. The molecule has 1 saturated carbocycles. The van der Waals surface area contributed by atoms with E-state index < -0.39 is 0 Å². The highest BCUT2D eigenvalue weighted by molar-refractivity contribution is 5.79. The van der Waals surface area contributed by atoms with Crippen LogP contribution in [0.1, 0.15) is 55.7 Å². The maximum atomic E-state index is 13.3. The quantitative estimate of drug-likeness (QED) is 0.590. The zero-order valence-electron chi connectivity index (χ0n) is 20.1. The van der Waals surface area contributed by atoms with Gasteiger partial charge < -0.3 is 9.64 Å². The van der Waals surface area contributed by atoms with Crippen LogP contribution in [0.3, 0.4) is 0 Å². The first-order valence-electron chi connectivity index (χ1n) is 12.6. The van der Waals surface area contributed by atoms with Crippen LogP contribution in [0.4, 0.5) is 0 Å². The number of hydrogen-bond donors (Lipinski definition) is 0. The van der Waals surface area contributed by atoms with Crippen molar-refractivity contribution >= 4 is 5.91 Å². The molecule has 3 aliphatic rings. The second-order valence-corrected chi connectivity index (χ2v) is 10.3. The summed E-state index contributed by atoms with van der Waals surface area (Å²) in [5, 5.41) is 4.43. The van der Waals surface area contributed by atoms with Gasteiger partial charge in [-0.05, 0) is 87.0 Å². The molecule has 0 atom stereocenters. The average Bonchev–Trinajstić information content (AvgIpc) is 3.63. The predicted octanol–water partition coefficient (Wildman–Crippen LogP) is 4.65. The molecule has 3 fully saturated rings. The third-order valence-corrected chi connectivity index (χ3v) is 7.73. The van der Waals surface area contributed by atoms with Crippen LogP contribution < -0.4 is 4.74 Å². The zero-order chi connectivity index (χ0) is 22.8. The van der Waals surface area contributed by atoms with E-state index in [1.165, 1.54) is 24.0 Å². The van der Waals surface area contributed by atoms with Gasteiger partial charge >= 0.3 is 0 Å². The lowest BCUT2D eigenvalue weighted by Crippen LogP contribution is -2.54. The van der Waals surface area contributed by atoms with Gasteiger partial charge in [-0.1, -0.05) is 43.3 Å². The number of amides is 1. The van der Waals surface area contributed by atoms with Gasteiger partial charge in [-0.25, -0.2) is 5.01 Å². The van der Waals surface area contributed by atoms with Crippen LogP contribution in [0.2, 0.25) is 0 Å². The molecular weight excluding hydrogens is 410 g/mol. The predicted molar refractivity (Wildman–Crippen MR) is 131 cm³/mol. The molecular formula is C28H37N3O2. The lowest BCUT2D eigenvalue weighted by atomic mass is 9.84. The Morgan fingerprint density at radius 1 is 0.909 bits per heavy atom. The maximum absolute atomic E-state index is 13.3. The van der Waals surface area contributed by atoms with Crippen molar-refractivity contribution in [3.05, 3.63) is 65.2 Å². The molecule has 0 bridgehead atoms. The van der Waals surface area contributed by atoms with Crippen LogP contribution >= 0.6 is 0 Å². The summed E-state index contributed by atoms with van der Waals surface area (Å²) in [6.07, 6.45) is 6.33. The van der Waals surface area contributed by atoms with Crippen LogP contribution in [0.25, 0.3) is 0 Å².